The Morgan fingerprint density at radius 1 is 1.31 bits per heavy atom. The minimum atomic E-state index is -1.96. The standard InChI is InChI=1S/C21H35NO3Si/c1-17(2)19-21(14-23,15-25-26(6,7)20(3,4)5)22(16-24-19)13-18-11-9-8-10-12-18/h8-12,14,17,19H,13,15-16H2,1-7H3/t19-,21-/m1/s1. The fraction of sp³-hybridized carbons (Fsp3) is 0.667. The quantitative estimate of drug-likeness (QED) is 0.519. The number of nitrogens with zero attached hydrogens (tertiary/aromatic N) is 1. The van der Waals surface area contributed by atoms with Crippen LogP contribution in [-0.4, -0.2) is 44.5 Å². The molecule has 0 aromatic heterocycles. The Bertz CT molecular complexity index is 597. The Balaban J connectivity index is 2.29. The lowest BCUT2D eigenvalue weighted by molar-refractivity contribution is -0.122. The van der Waals surface area contributed by atoms with E-state index in [1.807, 2.05) is 18.2 Å². The van der Waals surface area contributed by atoms with Gasteiger partial charge in [0.2, 0.25) is 0 Å². The Morgan fingerprint density at radius 3 is 2.42 bits per heavy atom. The molecule has 1 fully saturated rings. The van der Waals surface area contributed by atoms with Gasteiger partial charge in [0.15, 0.2) is 8.32 Å². The normalized spacial score (nSPS) is 25.0. The van der Waals surface area contributed by atoms with Crippen LogP contribution in [0.2, 0.25) is 18.1 Å². The van der Waals surface area contributed by atoms with Crippen LogP contribution in [0.25, 0.3) is 0 Å². The van der Waals surface area contributed by atoms with Crippen molar-refractivity contribution in [2.75, 3.05) is 13.3 Å². The molecule has 1 aliphatic heterocycles. The average molecular weight is 378 g/mol. The summed E-state index contributed by atoms with van der Waals surface area (Å²) in [6.07, 6.45) is 0.911. The molecular weight excluding hydrogens is 342 g/mol. The Morgan fingerprint density at radius 2 is 1.92 bits per heavy atom. The van der Waals surface area contributed by atoms with Crippen molar-refractivity contribution in [3.05, 3.63) is 35.9 Å². The van der Waals surface area contributed by atoms with E-state index in [9.17, 15) is 4.79 Å². The van der Waals surface area contributed by atoms with Gasteiger partial charge in [-0.15, -0.1) is 0 Å². The largest absolute Gasteiger partial charge is 0.414 e. The molecule has 1 heterocycles. The minimum absolute atomic E-state index is 0.105. The minimum Gasteiger partial charge on any atom is -0.414 e. The molecule has 0 amide bonds. The Hall–Kier alpha value is -1.01. The van der Waals surface area contributed by atoms with Gasteiger partial charge in [-0.1, -0.05) is 65.0 Å². The monoisotopic (exact) mass is 377 g/mol. The summed E-state index contributed by atoms with van der Waals surface area (Å²) in [6.45, 7) is 16.9. The number of carbonyl (C=O) groups is 1. The molecular formula is C21H35NO3Si. The summed E-state index contributed by atoms with van der Waals surface area (Å²) in [5, 5.41) is 0.105. The summed E-state index contributed by atoms with van der Waals surface area (Å²) >= 11 is 0. The molecule has 26 heavy (non-hydrogen) atoms. The van der Waals surface area contributed by atoms with Gasteiger partial charge in [0.05, 0.1) is 12.7 Å². The fourth-order valence-electron chi connectivity index (χ4n) is 3.24. The summed E-state index contributed by atoms with van der Waals surface area (Å²) in [6, 6.07) is 10.2. The van der Waals surface area contributed by atoms with Crippen LogP contribution in [0, 0.1) is 5.92 Å². The van der Waals surface area contributed by atoms with Gasteiger partial charge in [0, 0.05) is 6.54 Å². The Kier molecular flexibility index (Phi) is 6.49. The highest BCUT2D eigenvalue weighted by atomic mass is 28.4. The summed E-state index contributed by atoms with van der Waals surface area (Å²) in [5.41, 5.74) is 0.443. The average Bonchev–Trinajstić information content (AvgIpc) is 2.92. The fourth-order valence-corrected chi connectivity index (χ4v) is 4.27. The molecule has 146 valence electrons. The number of aldehydes is 1. The van der Waals surface area contributed by atoms with Crippen molar-refractivity contribution >= 4 is 14.6 Å². The zero-order valence-corrected chi connectivity index (χ0v) is 18.4. The Labute approximate surface area is 160 Å². The maximum atomic E-state index is 12.4. The molecule has 0 radical (unpaired) electrons. The van der Waals surface area contributed by atoms with Crippen LogP contribution < -0.4 is 0 Å². The lowest BCUT2D eigenvalue weighted by Crippen LogP contribution is -2.59. The SMILES string of the molecule is CC(C)[C@H]1OCN(Cc2ccccc2)[C@]1(C=O)CO[Si](C)(C)C(C)(C)C. The number of hydrogen-bond donors (Lipinski definition) is 0. The summed E-state index contributed by atoms with van der Waals surface area (Å²) in [5.74, 6) is 0.240. The predicted molar refractivity (Wildman–Crippen MR) is 109 cm³/mol. The van der Waals surface area contributed by atoms with Crippen molar-refractivity contribution in [1.29, 1.82) is 0 Å². The third-order valence-electron chi connectivity index (χ3n) is 5.99. The third-order valence-corrected chi connectivity index (χ3v) is 10.5. The molecule has 0 N–H and O–H groups in total. The molecule has 0 bridgehead atoms. The number of carbonyl (C=O) groups excluding carboxylic acids is 1. The van der Waals surface area contributed by atoms with E-state index in [0.717, 1.165) is 6.29 Å². The maximum absolute atomic E-state index is 12.4. The van der Waals surface area contributed by atoms with E-state index in [-0.39, 0.29) is 17.1 Å². The van der Waals surface area contributed by atoms with Gasteiger partial charge in [-0.05, 0) is 29.6 Å². The first-order valence-corrected chi connectivity index (χ1v) is 12.5. The summed E-state index contributed by atoms with van der Waals surface area (Å²) in [4.78, 5) is 14.6. The maximum Gasteiger partial charge on any atom is 0.192 e. The van der Waals surface area contributed by atoms with Crippen molar-refractivity contribution in [2.45, 2.75) is 70.9 Å². The zero-order valence-electron chi connectivity index (χ0n) is 17.4. The van der Waals surface area contributed by atoms with E-state index in [0.29, 0.717) is 19.9 Å². The van der Waals surface area contributed by atoms with E-state index in [2.05, 4.69) is 64.7 Å². The molecule has 1 saturated heterocycles. The number of rotatable bonds is 7. The molecule has 1 aromatic carbocycles. The van der Waals surface area contributed by atoms with Gasteiger partial charge in [0.1, 0.15) is 18.6 Å². The first-order chi connectivity index (χ1) is 12.0. The van der Waals surface area contributed by atoms with E-state index in [1.165, 1.54) is 5.56 Å². The van der Waals surface area contributed by atoms with E-state index < -0.39 is 13.9 Å². The van der Waals surface area contributed by atoms with Gasteiger partial charge in [-0.25, -0.2) is 0 Å². The summed E-state index contributed by atoms with van der Waals surface area (Å²) < 4.78 is 12.6. The van der Waals surface area contributed by atoms with E-state index >= 15 is 0 Å². The number of hydrogen-bond acceptors (Lipinski definition) is 4. The molecule has 1 aromatic rings. The van der Waals surface area contributed by atoms with Crippen LogP contribution in [0.3, 0.4) is 0 Å². The van der Waals surface area contributed by atoms with Crippen molar-refractivity contribution in [3.8, 4) is 0 Å². The predicted octanol–water partition coefficient (Wildman–Crippen LogP) is 4.46. The lowest BCUT2D eigenvalue weighted by atomic mass is 9.86. The summed E-state index contributed by atoms with van der Waals surface area (Å²) in [7, 11) is -1.96. The van der Waals surface area contributed by atoms with Crippen LogP contribution in [0.4, 0.5) is 0 Å². The smallest absolute Gasteiger partial charge is 0.192 e. The second-order valence-electron chi connectivity index (χ2n) is 9.30. The lowest BCUT2D eigenvalue weighted by Gasteiger charge is -2.42. The molecule has 0 saturated carbocycles. The van der Waals surface area contributed by atoms with Crippen molar-refractivity contribution < 1.29 is 14.0 Å². The molecule has 0 aliphatic carbocycles. The zero-order chi connectivity index (χ0) is 19.6. The van der Waals surface area contributed by atoms with Gasteiger partial charge in [-0.2, -0.15) is 0 Å². The van der Waals surface area contributed by atoms with Crippen molar-refractivity contribution in [2.24, 2.45) is 5.92 Å². The molecule has 0 unspecified atom stereocenters. The van der Waals surface area contributed by atoms with Crippen molar-refractivity contribution in [3.63, 3.8) is 0 Å². The van der Waals surface area contributed by atoms with Gasteiger partial charge in [-0.3, -0.25) is 4.90 Å². The molecule has 4 nitrogen and oxygen atoms in total. The highest BCUT2D eigenvalue weighted by Gasteiger charge is 2.53. The van der Waals surface area contributed by atoms with Crippen LogP contribution >= 0.6 is 0 Å². The second-order valence-corrected chi connectivity index (χ2v) is 14.1. The second kappa shape index (κ2) is 7.93. The van der Waals surface area contributed by atoms with Gasteiger partial charge in [0.25, 0.3) is 0 Å². The molecule has 2 atom stereocenters. The molecule has 2 rings (SSSR count). The van der Waals surface area contributed by atoms with Crippen LogP contribution in [-0.2, 0) is 20.5 Å². The van der Waals surface area contributed by atoms with Crippen LogP contribution in [0.5, 0.6) is 0 Å². The van der Waals surface area contributed by atoms with Crippen molar-refractivity contribution in [1.82, 2.24) is 4.90 Å². The highest BCUT2D eigenvalue weighted by Crippen LogP contribution is 2.40. The van der Waals surface area contributed by atoms with Gasteiger partial charge < -0.3 is 14.0 Å². The van der Waals surface area contributed by atoms with E-state index in [4.69, 9.17) is 9.16 Å². The van der Waals surface area contributed by atoms with E-state index in [1.54, 1.807) is 0 Å². The van der Waals surface area contributed by atoms with Crippen LogP contribution in [0.15, 0.2) is 30.3 Å². The molecule has 1 aliphatic rings. The molecule has 0 spiro atoms. The first-order valence-electron chi connectivity index (χ1n) is 9.54. The molecule has 5 heteroatoms. The number of ether oxygens (including phenoxy) is 1. The third kappa shape index (κ3) is 4.27. The van der Waals surface area contributed by atoms with Gasteiger partial charge >= 0.3 is 0 Å². The first kappa shape index (κ1) is 21.3. The van der Waals surface area contributed by atoms with Crippen LogP contribution in [0.1, 0.15) is 40.2 Å². The number of benzene rings is 1. The highest BCUT2D eigenvalue weighted by molar-refractivity contribution is 6.74. The topological polar surface area (TPSA) is 38.8 Å².